The van der Waals surface area contributed by atoms with Crippen molar-refractivity contribution in [3.05, 3.63) is 0 Å². The van der Waals surface area contributed by atoms with E-state index in [9.17, 15) is 4.79 Å². The number of rotatable bonds is 5. The Morgan fingerprint density at radius 2 is 1.65 bits per heavy atom. The molecule has 0 bridgehead atoms. The van der Waals surface area contributed by atoms with E-state index in [1.54, 1.807) is 0 Å². The molecule has 0 aliphatic heterocycles. The summed E-state index contributed by atoms with van der Waals surface area (Å²) >= 11 is 4.32. The standard InChI is InChI=1S/C15H33NOSSi2/c1-8-15(14(17)18)12-10-9-11-13(15)16(19(2,3)4)20(5,6)7/h13H,8-12H2,1-7H3,(H,17,18). The molecule has 0 saturated heterocycles. The molecule has 1 rings (SSSR count). The van der Waals surface area contributed by atoms with Crippen LogP contribution >= 0.6 is 12.6 Å². The topological polar surface area (TPSA) is 20.3 Å². The molecule has 118 valence electrons. The van der Waals surface area contributed by atoms with Crippen LogP contribution in [0.15, 0.2) is 0 Å². The minimum atomic E-state index is -1.45. The molecule has 0 N–H and O–H groups in total. The molecule has 0 spiro atoms. The third-order valence-corrected chi connectivity index (χ3v) is 12.8. The highest BCUT2D eigenvalue weighted by Crippen LogP contribution is 2.46. The average Bonchev–Trinajstić information content (AvgIpc) is 2.25. The maximum atomic E-state index is 12.4. The minimum Gasteiger partial charge on any atom is -0.342 e. The third kappa shape index (κ3) is 3.59. The lowest BCUT2D eigenvalue weighted by Crippen LogP contribution is -2.68. The monoisotopic (exact) mass is 331 g/mol. The molecule has 1 fully saturated rings. The predicted molar refractivity (Wildman–Crippen MR) is 97.5 cm³/mol. The maximum absolute atomic E-state index is 12.4. The molecule has 1 aliphatic carbocycles. The van der Waals surface area contributed by atoms with Gasteiger partial charge < -0.3 is 4.23 Å². The van der Waals surface area contributed by atoms with E-state index in [0.717, 1.165) is 12.8 Å². The summed E-state index contributed by atoms with van der Waals surface area (Å²) in [6, 6.07) is 0.421. The molecule has 5 heteroatoms. The quantitative estimate of drug-likeness (QED) is 0.579. The Hall–Kier alpha value is 0.414. The van der Waals surface area contributed by atoms with Gasteiger partial charge in [0, 0.05) is 6.04 Å². The van der Waals surface area contributed by atoms with Crippen molar-refractivity contribution in [2.24, 2.45) is 5.41 Å². The zero-order chi connectivity index (χ0) is 15.8. The number of hydrogen-bond donors (Lipinski definition) is 1. The van der Waals surface area contributed by atoms with Gasteiger partial charge in [0.25, 0.3) is 0 Å². The summed E-state index contributed by atoms with van der Waals surface area (Å²) in [5, 5.41) is 0.131. The van der Waals surface area contributed by atoms with E-state index in [-0.39, 0.29) is 10.5 Å². The molecule has 0 heterocycles. The van der Waals surface area contributed by atoms with E-state index in [4.69, 9.17) is 0 Å². The van der Waals surface area contributed by atoms with E-state index in [1.165, 1.54) is 19.3 Å². The maximum Gasteiger partial charge on any atom is 0.193 e. The van der Waals surface area contributed by atoms with Crippen molar-refractivity contribution in [3.63, 3.8) is 0 Å². The van der Waals surface area contributed by atoms with Gasteiger partial charge in [-0.2, -0.15) is 0 Å². The van der Waals surface area contributed by atoms with Crippen LogP contribution in [0.3, 0.4) is 0 Å². The Morgan fingerprint density at radius 3 is 2.00 bits per heavy atom. The van der Waals surface area contributed by atoms with Gasteiger partial charge in [0.2, 0.25) is 0 Å². The first-order valence-electron chi connectivity index (χ1n) is 7.99. The zero-order valence-corrected chi connectivity index (χ0v) is 17.3. The van der Waals surface area contributed by atoms with Crippen LogP contribution in [0.1, 0.15) is 39.0 Å². The molecule has 2 atom stereocenters. The first-order chi connectivity index (χ1) is 8.97. The smallest absolute Gasteiger partial charge is 0.193 e. The van der Waals surface area contributed by atoms with Gasteiger partial charge in [0.05, 0.1) is 5.41 Å². The Morgan fingerprint density at radius 1 is 1.15 bits per heavy atom. The first kappa shape index (κ1) is 18.5. The lowest BCUT2D eigenvalue weighted by Gasteiger charge is -2.56. The van der Waals surface area contributed by atoms with E-state index in [0.29, 0.717) is 6.04 Å². The summed E-state index contributed by atoms with van der Waals surface area (Å²) in [5.74, 6) is 0. The number of hydrogen-bond acceptors (Lipinski definition) is 2. The van der Waals surface area contributed by atoms with E-state index >= 15 is 0 Å². The normalized spacial score (nSPS) is 28.8. The molecule has 0 radical (unpaired) electrons. The third-order valence-electron chi connectivity index (χ3n) is 4.80. The molecule has 1 saturated carbocycles. The van der Waals surface area contributed by atoms with E-state index < -0.39 is 16.5 Å². The molecule has 2 nitrogen and oxygen atoms in total. The highest BCUT2D eigenvalue weighted by Gasteiger charge is 2.51. The van der Waals surface area contributed by atoms with Gasteiger partial charge in [-0.3, -0.25) is 4.79 Å². The van der Waals surface area contributed by atoms with Crippen LogP contribution in [0.2, 0.25) is 39.3 Å². The van der Waals surface area contributed by atoms with Gasteiger partial charge in [0.15, 0.2) is 5.12 Å². The Kier molecular flexibility index (Phi) is 5.78. The largest absolute Gasteiger partial charge is 0.342 e. The Bertz CT molecular complexity index is 348. The zero-order valence-electron chi connectivity index (χ0n) is 14.4. The van der Waals surface area contributed by atoms with Crippen LogP contribution in [0.25, 0.3) is 0 Å². The fraction of sp³-hybridized carbons (Fsp3) is 0.933. The van der Waals surface area contributed by atoms with Crippen LogP contribution in [0, 0.1) is 5.41 Å². The lowest BCUT2D eigenvalue weighted by atomic mass is 9.70. The molecule has 0 aromatic rings. The van der Waals surface area contributed by atoms with Crippen molar-refractivity contribution >= 4 is 34.2 Å². The molecule has 20 heavy (non-hydrogen) atoms. The number of nitrogens with zero attached hydrogens (tertiary/aromatic N) is 1. The second-order valence-electron chi connectivity index (χ2n) is 8.29. The predicted octanol–water partition coefficient (Wildman–Crippen LogP) is 4.75. The summed E-state index contributed by atoms with van der Waals surface area (Å²) in [6.45, 7) is 16.8. The summed E-state index contributed by atoms with van der Waals surface area (Å²) in [7, 11) is -2.90. The van der Waals surface area contributed by atoms with Gasteiger partial charge in [-0.25, -0.2) is 0 Å². The Balaban J connectivity index is 3.31. The van der Waals surface area contributed by atoms with Crippen molar-refractivity contribution in [1.82, 2.24) is 4.23 Å². The molecule has 0 aromatic carbocycles. The van der Waals surface area contributed by atoms with Gasteiger partial charge in [-0.15, -0.1) is 12.6 Å². The molecule has 0 aromatic heterocycles. The van der Waals surface area contributed by atoms with Crippen molar-refractivity contribution in [2.45, 2.75) is 84.4 Å². The lowest BCUT2D eigenvalue weighted by molar-refractivity contribution is -0.124. The van der Waals surface area contributed by atoms with Crippen LogP contribution in [-0.2, 0) is 4.79 Å². The van der Waals surface area contributed by atoms with Crippen LogP contribution in [-0.4, -0.2) is 31.9 Å². The van der Waals surface area contributed by atoms with Crippen LogP contribution in [0.4, 0.5) is 0 Å². The molecule has 1 aliphatic rings. The van der Waals surface area contributed by atoms with Crippen molar-refractivity contribution in [1.29, 1.82) is 0 Å². The minimum absolute atomic E-state index is 0.131. The highest BCUT2D eigenvalue weighted by atomic mass is 32.1. The molecular formula is C15H33NOSSi2. The summed E-state index contributed by atoms with van der Waals surface area (Å²) in [5.41, 5.74) is -0.206. The molecular weight excluding hydrogens is 298 g/mol. The van der Waals surface area contributed by atoms with Gasteiger partial charge in [-0.05, 0) is 19.3 Å². The first-order valence-corrected chi connectivity index (χ1v) is 15.3. The SMILES string of the molecule is CCC1(C(=O)S)CCCCC1N([Si](C)(C)C)[Si](C)(C)C. The second kappa shape index (κ2) is 6.27. The number of carbonyl (C=O) groups excluding carboxylic acids is 1. The average molecular weight is 332 g/mol. The Labute approximate surface area is 133 Å². The van der Waals surface area contributed by atoms with Crippen LogP contribution < -0.4 is 0 Å². The summed E-state index contributed by atoms with van der Waals surface area (Å²) < 4.78 is 2.84. The highest BCUT2D eigenvalue weighted by molar-refractivity contribution is 7.96. The van der Waals surface area contributed by atoms with Crippen molar-refractivity contribution in [2.75, 3.05) is 0 Å². The second-order valence-corrected chi connectivity index (χ2v) is 18.8. The van der Waals surface area contributed by atoms with Crippen LogP contribution in [0.5, 0.6) is 0 Å². The number of carbonyl (C=O) groups is 1. The van der Waals surface area contributed by atoms with Gasteiger partial charge in [-0.1, -0.05) is 59.0 Å². The fourth-order valence-corrected chi connectivity index (χ4v) is 15.4. The molecule has 2 unspecified atom stereocenters. The summed E-state index contributed by atoms with van der Waals surface area (Å²) in [4.78, 5) is 12.4. The van der Waals surface area contributed by atoms with Gasteiger partial charge >= 0.3 is 0 Å². The van der Waals surface area contributed by atoms with Gasteiger partial charge in [0.1, 0.15) is 16.5 Å². The number of thiol groups is 1. The van der Waals surface area contributed by atoms with Crippen molar-refractivity contribution in [3.8, 4) is 0 Å². The molecule has 0 amide bonds. The summed E-state index contributed by atoms with van der Waals surface area (Å²) in [6.07, 6.45) is 5.59. The fourth-order valence-electron chi connectivity index (χ4n) is 4.35. The van der Waals surface area contributed by atoms with E-state index in [1.807, 2.05) is 0 Å². The van der Waals surface area contributed by atoms with Crippen molar-refractivity contribution < 1.29 is 4.79 Å². The van der Waals surface area contributed by atoms with E-state index in [2.05, 4.69) is 63.1 Å².